The van der Waals surface area contributed by atoms with Gasteiger partial charge in [-0.1, -0.05) is 31.2 Å². The Hall–Kier alpha value is -2.08. The van der Waals surface area contributed by atoms with Gasteiger partial charge in [0, 0.05) is 17.0 Å². The van der Waals surface area contributed by atoms with Crippen molar-refractivity contribution in [2.45, 2.75) is 26.3 Å². The highest BCUT2D eigenvalue weighted by Gasteiger charge is 2.09. The fourth-order valence-electron chi connectivity index (χ4n) is 2.19. The molecule has 0 amide bonds. The van der Waals surface area contributed by atoms with Gasteiger partial charge in [-0.05, 0) is 18.1 Å². The van der Waals surface area contributed by atoms with Crippen molar-refractivity contribution >= 4 is 27.4 Å². The van der Waals surface area contributed by atoms with E-state index in [2.05, 4.69) is 28.3 Å². The van der Waals surface area contributed by atoms with Gasteiger partial charge >= 0.3 is 0 Å². The van der Waals surface area contributed by atoms with Crippen molar-refractivity contribution in [1.29, 1.82) is 0 Å². The van der Waals surface area contributed by atoms with Gasteiger partial charge in [-0.15, -0.1) is 11.3 Å². The monoisotopic (exact) mass is 319 g/mol. The Morgan fingerprint density at radius 2 is 1.95 bits per heavy atom. The molecule has 0 spiro atoms. The lowest BCUT2D eigenvalue weighted by Gasteiger charge is -2.07. The summed E-state index contributed by atoms with van der Waals surface area (Å²) in [6, 6.07) is 8.42. The molecule has 1 aromatic carbocycles. The van der Waals surface area contributed by atoms with Crippen molar-refractivity contribution in [3.8, 4) is 0 Å². The Morgan fingerprint density at radius 1 is 1.18 bits per heavy atom. The summed E-state index contributed by atoms with van der Waals surface area (Å²) in [5, 5.41) is 4.27. The summed E-state index contributed by atoms with van der Waals surface area (Å²) in [5.74, 6) is 0.777. The number of aromatic nitrogens is 2. The molecule has 0 radical (unpaired) electrons. The molecule has 0 atom stereocenters. The molecule has 6 heteroatoms. The Balaban J connectivity index is 1.77. The van der Waals surface area contributed by atoms with Crippen LogP contribution in [-0.4, -0.2) is 9.97 Å². The highest BCUT2D eigenvalue weighted by Crippen LogP contribution is 2.28. The van der Waals surface area contributed by atoms with Gasteiger partial charge < -0.3 is 5.32 Å². The molecule has 3 nitrogen and oxygen atoms in total. The molecule has 0 aliphatic carbocycles. The van der Waals surface area contributed by atoms with Crippen LogP contribution in [0.25, 0.3) is 10.2 Å². The summed E-state index contributed by atoms with van der Waals surface area (Å²) < 4.78 is 25.1. The number of hydrogen-bond acceptors (Lipinski definition) is 4. The molecule has 0 aliphatic rings. The third-order valence-electron chi connectivity index (χ3n) is 3.42. The molecule has 2 heterocycles. The number of rotatable bonds is 5. The predicted octanol–water partition coefficient (Wildman–Crippen LogP) is 4.80. The van der Waals surface area contributed by atoms with Crippen LogP contribution in [0.3, 0.4) is 0 Å². The van der Waals surface area contributed by atoms with E-state index in [1.54, 1.807) is 29.8 Å². The number of fused-ring (bicyclic) bond motifs is 1. The van der Waals surface area contributed by atoms with Crippen molar-refractivity contribution in [3.63, 3.8) is 0 Å². The van der Waals surface area contributed by atoms with Gasteiger partial charge in [0.1, 0.15) is 17.0 Å². The number of anilines is 1. The van der Waals surface area contributed by atoms with Crippen LogP contribution in [0, 0.1) is 0 Å². The van der Waals surface area contributed by atoms with Gasteiger partial charge in [-0.3, -0.25) is 0 Å². The summed E-state index contributed by atoms with van der Waals surface area (Å²) in [5.41, 5.74) is 0.973. The number of alkyl halides is 2. The van der Waals surface area contributed by atoms with E-state index in [-0.39, 0.29) is 5.56 Å². The lowest BCUT2D eigenvalue weighted by molar-refractivity contribution is 0.151. The normalized spacial score (nSPS) is 11.3. The molecule has 0 unspecified atom stereocenters. The van der Waals surface area contributed by atoms with Crippen LogP contribution in [0.2, 0.25) is 0 Å². The van der Waals surface area contributed by atoms with Crippen LogP contribution in [0.5, 0.6) is 0 Å². The second-order valence-electron chi connectivity index (χ2n) is 4.90. The molecule has 114 valence electrons. The van der Waals surface area contributed by atoms with Crippen LogP contribution < -0.4 is 5.32 Å². The maximum atomic E-state index is 12.5. The Bertz CT molecular complexity index is 769. The SMILES string of the molecule is CCc1cc2c(NCc3ccc(C(F)F)cc3)ncnc2s1. The third kappa shape index (κ3) is 3.06. The average Bonchev–Trinajstić information content (AvgIpc) is 2.97. The highest BCUT2D eigenvalue weighted by atomic mass is 32.1. The van der Waals surface area contributed by atoms with E-state index in [1.165, 1.54) is 17.0 Å². The van der Waals surface area contributed by atoms with Crippen molar-refractivity contribution in [2.24, 2.45) is 0 Å². The van der Waals surface area contributed by atoms with Crippen molar-refractivity contribution < 1.29 is 8.78 Å². The Morgan fingerprint density at radius 3 is 2.64 bits per heavy atom. The Labute approximate surface area is 131 Å². The molecule has 0 fully saturated rings. The van der Waals surface area contributed by atoms with E-state index in [4.69, 9.17) is 0 Å². The fourth-order valence-corrected chi connectivity index (χ4v) is 3.12. The molecule has 0 saturated heterocycles. The maximum Gasteiger partial charge on any atom is 0.263 e. The molecule has 1 N–H and O–H groups in total. The summed E-state index contributed by atoms with van der Waals surface area (Å²) in [6.45, 7) is 2.64. The highest BCUT2D eigenvalue weighted by molar-refractivity contribution is 7.18. The second kappa shape index (κ2) is 6.36. The van der Waals surface area contributed by atoms with E-state index < -0.39 is 6.43 Å². The van der Waals surface area contributed by atoms with E-state index in [0.29, 0.717) is 6.54 Å². The largest absolute Gasteiger partial charge is 0.365 e. The summed E-state index contributed by atoms with van der Waals surface area (Å²) in [7, 11) is 0. The predicted molar refractivity (Wildman–Crippen MR) is 85.5 cm³/mol. The zero-order valence-electron chi connectivity index (χ0n) is 12.0. The standard InChI is InChI=1S/C16H15F2N3S/c1-2-12-7-13-15(20-9-21-16(13)22-12)19-8-10-3-5-11(6-4-10)14(17)18/h3-7,9,14H,2,8H2,1H3,(H,19,20,21). The molecule has 3 aromatic rings. The lowest BCUT2D eigenvalue weighted by atomic mass is 10.1. The molecule has 0 bridgehead atoms. The second-order valence-corrected chi connectivity index (χ2v) is 6.02. The quantitative estimate of drug-likeness (QED) is 0.734. The van der Waals surface area contributed by atoms with E-state index >= 15 is 0 Å². The number of aryl methyl sites for hydroxylation is 1. The molecular formula is C16H15F2N3S. The van der Waals surface area contributed by atoms with Crippen LogP contribution >= 0.6 is 11.3 Å². The smallest absolute Gasteiger partial charge is 0.263 e. The van der Waals surface area contributed by atoms with Crippen LogP contribution in [0.15, 0.2) is 36.7 Å². The van der Waals surface area contributed by atoms with Gasteiger partial charge in [0.15, 0.2) is 0 Å². The van der Waals surface area contributed by atoms with Gasteiger partial charge in [0.05, 0.1) is 5.39 Å². The van der Waals surface area contributed by atoms with Crippen molar-refractivity contribution in [1.82, 2.24) is 9.97 Å². The van der Waals surface area contributed by atoms with E-state index in [1.807, 2.05) is 0 Å². The van der Waals surface area contributed by atoms with E-state index in [9.17, 15) is 8.78 Å². The molecule has 22 heavy (non-hydrogen) atoms. The maximum absolute atomic E-state index is 12.5. The number of halogens is 2. The Kier molecular flexibility index (Phi) is 4.29. The van der Waals surface area contributed by atoms with Crippen LogP contribution in [0.1, 0.15) is 29.4 Å². The number of hydrogen-bond donors (Lipinski definition) is 1. The minimum atomic E-state index is -2.43. The summed E-state index contributed by atoms with van der Waals surface area (Å²) in [4.78, 5) is 10.8. The third-order valence-corrected chi connectivity index (χ3v) is 4.61. The number of benzene rings is 1. The van der Waals surface area contributed by atoms with E-state index in [0.717, 1.165) is 28.0 Å². The first kappa shape index (κ1) is 14.8. The first-order valence-electron chi connectivity index (χ1n) is 7.01. The van der Waals surface area contributed by atoms with Crippen LogP contribution in [0.4, 0.5) is 14.6 Å². The lowest BCUT2D eigenvalue weighted by Crippen LogP contribution is -2.02. The first-order chi connectivity index (χ1) is 10.7. The average molecular weight is 319 g/mol. The topological polar surface area (TPSA) is 37.8 Å². The number of nitrogens with zero attached hydrogens (tertiary/aromatic N) is 2. The first-order valence-corrected chi connectivity index (χ1v) is 7.83. The molecule has 3 rings (SSSR count). The summed E-state index contributed by atoms with van der Waals surface area (Å²) >= 11 is 1.66. The summed E-state index contributed by atoms with van der Waals surface area (Å²) in [6.07, 6.45) is 0.0811. The minimum Gasteiger partial charge on any atom is -0.365 e. The molecule has 0 aliphatic heterocycles. The number of nitrogens with one attached hydrogen (secondary N) is 1. The van der Waals surface area contributed by atoms with Gasteiger partial charge in [0.2, 0.25) is 0 Å². The molecular weight excluding hydrogens is 304 g/mol. The van der Waals surface area contributed by atoms with Crippen LogP contribution in [-0.2, 0) is 13.0 Å². The minimum absolute atomic E-state index is 0.0404. The van der Waals surface area contributed by atoms with Gasteiger partial charge in [-0.25, -0.2) is 18.7 Å². The zero-order chi connectivity index (χ0) is 15.5. The molecule has 0 saturated carbocycles. The van der Waals surface area contributed by atoms with Crippen molar-refractivity contribution in [2.75, 3.05) is 5.32 Å². The molecule has 2 aromatic heterocycles. The van der Waals surface area contributed by atoms with Gasteiger partial charge in [-0.2, -0.15) is 0 Å². The van der Waals surface area contributed by atoms with Crippen molar-refractivity contribution in [3.05, 3.63) is 52.7 Å². The number of thiophene rings is 1. The zero-order valence-corrected chi connectivity index (χ0v) is 12.8. The van der Waals surface area contributed by atoms with Gasteiger partial charge in [0.25, 0.3) is 6.43 Å². The fraction of sp³-hybridized carbons (Fsp3) is 0.250.